The van der Waals surface area contributed by atoms with E-state index in [0.717, 1.165) is 34.6 Å². The Morgan fingerprint density at radius 2 is 1.80 bits per heavy atom. The van der Waals surface area contributed by atoms with E-state index in [1.807, 2.05) is 60.7 Å². The molecule has 0 bridgehead atoms. The summed E-state index contributed by atoms with van der Waals surface area (Å²) in [4.78, 5) is 4.55. The molecule has 4 nitrogen and oxygen atoms in total. The van der Waals surface area contributed by atoms with Crippen molar-refractivity contribution in [3.05, 3.63) is 78.4 Å². The van der Waals surface area contributed by atoms with E-state index < -0.39 is 0 Å². The lowest BCUT2D eigenvalue weighted by atomic mass is 10.2. The Bertz CT molecular complexity index is 957. The van der Waals surface area contributed by atoms with Gasteiger partial charge in [0.25, 0.3) is 0 Å². The van der Waals surface area contributed by atoms with Crippen molar-refractivity contribution in [3.63, 3.8) is 0 Å². The number of hydrogen-bond donors (Lipinski definition) is 1. The van der Waals surface area contributed by atoms with E-state index in [-0.39, 0.29) is 0 Å². The zero-order chi connectivity index (χ0) is 17.1. The fourth-order valence-corrected chi connectivity index (χ4v) is 2.71. The van der Waals surface area contributed by atoms with Gasteiger partial charge in [0, 0.05) is 17.8 Å². The highest BCUT2D eigenvalue weighted by molar-refractivity contribution is 5.76. The van der Waals surface area contributed by atoms with Crippen molar-refractivity contribution in [1.29, 1.82) is 0 Å². The fourth-order valence-electron chi connectivity index (χ4n) is 2.71. The van der Waals surface area contributed by atoms with Gasteiger partial charge in [0.1, 0.15) is 11.3 Å². The quantitative estimate of drug-likeness (QED) is 0.552. The summed E-state index contributed by atoms with van der Waals surface area (Å²) in [6, 6.07) is 23.9. The molecule has 25 heavy (non-hydrogen) atoms. The van der Waals surface area contributed by atoms with Crippen molar-refractivity contribution in [2.45, 2.75) is 6.54 Å². The van der Waals surface area contributed by atoms with Gasteiger partial charge >= 0.3 is 0 Å². The van der Waals surface area contributed by atoms with Crippen LogP contribution in [0.4, 0.5) is 5.69 Å². The molecule has 4 aromatic rings. The van der Waals surface area contributed by atoms with Crippen LogP contribution in [0.5, 0.6) is 5.75 Å². The Morgan fingerprint density at radius 3 is 2.60 bits per heavy atom. The lowest BCUT2D eigenvalue weighted by Crippen LogP contribution is -1.99. The van der Waals surface area contributed by atoms with E-state index in [1.165, 1.54) is 5.56 Å². The molecule has 0 radical (unpaired) electrons. The molecule has 124 valence electrons. The highest BCUT2D eigenvalue weighted by Gasteiger charge is 2.08. The normalized spacial score (nSPS) is 10.8. The van der Waals surface area contributed by atoms with E-state index in [2.05, 4.69) is 22.4 Å². The zero-order valence-corrected chi connectivity index (χ0v) is 13.9. The molecule has 0 aliphatic rings. The number of aromatic nitrogens is 1. The number of nitrogens with one attached hydrogen (secondary N) is 1. The van der Waals surface area contributed by atoms with Gasteiger partial charge in [0.05, 0.1) is 7.11 Å². The second-order valence-electron chi connectivity index (χ2n) is 5.77. The van der Waals surface area contributed by atoms with Crippen LogP contribution in [0.3, 0.4) is 0 Å². The number of oxazole rings is 1. The van der Waals surface area contributed by atoms with Crippen LogP contribution in [0.15, 0.2) is 77.2 Å². The van der Waals surface area contributed by atoms with Crippen molar-refractivity contribution in [2.24, 2.45) is 0 Å². The number of para-hydroxylation sites is 2. The SMILES string of the molecule is COc1ccc(CNc2cccc(-c3nc4ccccc4o3)c2)cc1. The molecule has 0 amide bonds. The predicted molar refractivity (Wildman–Crippen MR) is 99.8 cm³/mol. The second-order valence-corrected chi connectivity index (χ2v) is 5.77. The highest BCUT2D eigenvalue weighted by atomic mass is 16.5. The third kappa shape index (κ3) is 3.33. The van der Waals surface area contributed by atoms with E-state index >= 15 is 0 Å². The summed E-state index contributed by atoms with van der Waals surface area (Å²) in [7, 11) is 1.67. The van der Waals surface area contributed by atoms with Crippen molar-refractivity contribution in [2.75, 3.05) is 12.4 Å². The van der Waals surface area contributed by atoms with Crippen molar-refractivity contribution >= 4 is 16.8 Å². The van der Waals surface area contributed by atoms with Gasteiger partial charge in [-0.05, 0) is 48.0 Å². The van der Waals surface area contributed by atoms with Crippen LogP contribution in [0, 0.1) is 0 Å². The Kier molecular flexibility index (Phi) is 4.09. The minimum Gasteiger partial charge on any atom is -0.497 e. The van der Waals surface area contributed by atoms with Crippen LogP contribution in [0.2, 0.25) is 0 Å². The van der Waals surface area contributed by atoms with Gasteiger partial charge < -0.3 is 14.5 Å². The van der Waals surface area contributed by atoms with Crippen molar-refractivity contribution in [1.82, 2.24) is 4.98 Å². The van der Waals surface area contributed by atoms with Crippen molar-refractivity contribution in [3.8, 4) is 17.2 Å². The van der Waals surface area contributed by atoms with E-state index in [1.54, 1.807) is 7.11 Å². The van der Waals surface area contributed by atoms with Gasteiger partial charge in [-0.1, -0.05) is 30.3 Å². The Morgan fingerprint density at radius 1 is 0.960 bits per heavy atom. The van der Waals surface area contributed by atoms with Crippen LogP contribution in [0.25, 0.3) is 22.6 Å². The molecule has 3 aromatic carbocycles. The largest absolute Gasteiger partial charge is 0.497 e. The summed E-state index contributed by atoms with van der Waals surface area (Å²) in [5.41, 5.74) is 4.84. The van der Waals surface area contributed by atoms with Gasteiger partial charge in [-0.2, -0.15) is 0 Å². The van der Waals surface area contributed by atoms with Gasteiger partial charge in [-0.25, -0.2) is 4.98 Å². The average Bonchev–Trinajstić information content (AvgIpc) is 3.11. The van der Waals surface area contributed by atoms with E-state index in [4.69, 9.17) is 9.15 Å². The summed E-state index contributed by atoms with van der Waals surface area (Å²) < 4.78 is 11.0. The maximum atomic E-state index is 5.84. The molecule has 4 heteroatoms. The van der Waals surface area contributed by atoms with Gasteiger partial charge in [-0.15, -0.1) is 0 Å². The molecule has 0 atom stereocenters. The first-order valence-electron chi connectivity index (χ1n) is 8.15. The van der Waals surface area contributed by atoms with Gasteiger partial charge in [-0.3, -0.25) is 0 Å². The maximum absolute atomic E-state index is 5.84. The summed E-state index contributed by atoms with van der Waals surface area (Å²) in [6.45, 7) is 0.737. The highest BCUT2D eigenvalue weighted by Crippen LogP contribution is 2.26. The Hall–Kier alpha value is -3.27. The molecule has 4 rings (SSSR count). The van der Waals surface area contributed by atoms with Crippen LogP contribution in [-0.2, 0) is 6.54 Å². The number of ether oxygens (including phenoxy) is 1. The Balaban J connectivity index is 1.52. The minimum absolute atomic E-state index is 0.634. The third-order valence-electron chi connectivity index (χ3n) is 4.06. The number of fused-ring (bicyclic) bond motifs is 1. The molecule has 0 unspecified atom stereocenters. The lowest BCUT2D eigenvalue weighted by Gasteiger charge is -2.08. The molecular weight excluding hydrogens is 312 g/mol. The molecule has 1 aromatic heterocycles. The smallest absolute Gasteiger partial charge is 0.227 e. The van der Waals surface area contributed by atoms with Crippen LogP contribution < -0.4 is 10.1 Å². The molecule has 1 heterocycles. The number of nitrogens with zero attached hydrogens (tertiary/aromatic N) is 1. The average molecular weight is 330 g/mol. The number of methoxy groups -OCH3 is 1. The minimum atomic E-state index is 0.634. The third-order valence-corrected chi connectivity index (χ3v) is 4.06. The molecule has 0 aliphatic heterocycles. The zero-order valence-electron chi connectivity index (χ0n) is 13.9. The summed E-state index contributed by atoms with van der Waals surface area (Å²) in [5, 5.41) is 3.43. The molecule has 0 spiro atoms. The molecule has 0 fully saturated rings. The number of rotatable bonds is 5. The second kappa shape index (κ2) is 6.69. The first-order valence-corrected chi connectivity index (χ1v) is 8.15. The maximum Gasteiger partial charge on any atom is 0.227 e. The molecule has 0 saturated heterocycles. The number of hydrogen-bond acceptors (Lipinski definition) is 4. The van der Waals surface area contributed by atoms with E-state index in [9.17, 15) is 0 Å². The molecule has 0 aliphatic carbocycles. The first kappa shape index (κ1) is 15.3. The monoisotopic (exact) mass is 330 g/mol. The van der Waals surface area contributed by atoms with Gasteiger partial charge in [0.2, 0.25) is 5.89 Å². The lowest BCUT2D eigenvalue weighted by molar-refractivity contribution is 0.414. The van der Waals surface area contributed by atoms with Crippen LogP contribution in [0.1, 0.15) is 5.56 Å². The van der Waals surface area contributed by atoms with Crippen molar-refractivity contribution < 1.29 is 9.15 Å². The summed E-state index contributed by atoms with van der Waals surface area (Å²) in [6.07, 6.45) is 0. The van der Waals surface area contributed by atoms with Crippen LogP contribution in [-0.4, -0.2) is 12.1 Å². The van der Waals surface area contributed by atoms with Gasteiger partial charge in [0.15, 0.2) is 5.58 Å². The molecule has 1 N–H and O–H groups in total. The number of anilines is 1. The first-order chi connectivity index (χ1) is 12.3. The predicted octanol–water partition coefficient (Wildman–Crippen LogP) is 5.12. The molecule has 0 saturated carbocycles. The number of benzene rings is 3. The van der Waals surface area contributed by atoms with E-state index in [0.29, 0.717) is 5.89 Å². The standard InChI is InChI=1S/C21H18N2O2/c1-24-18-11-9-15(10-12-18)14-22-17-6-4-5-16(13-17)21-23-19-7-2-3-8-20(19)25-21/h2-13,22H,14H2,1H3. The molecular formula is C21H18N2O2. The summed E-state index contributed by atoms with van der Waals surface area (Å²) >= 11 is 0. The fraction of sp³-hybridized carbons (Fsp3) is 0.0952. The topological polar surface area (TPSA) is 47.3 Å². The summed E-state index contributed by atoms with van der Waals surface area (Å²) in [5.74, 6) is 1.50. The van der Waals surface area contributed by atoms with Crippen LogP contribution >= 0.6 is 0 Å². The Labute approximate surface area is 146 Å².